The highest BCUT2D eigenvalue weighted by molar-refractivity contribution is 8.13. The second-order valence-corrected chi connectivity index (χ2v) is 9.37. The Morgan fingerprint density at radius 2 is 1.71 bits per heavy atom. The number of nitrogens with one attached hydrogen (secondary N) is 3. The zero-order valence-corrected chi connectivity index (χ0v) is 21.0. The van der Waals surface area contributed by atoms with Crippen LogP contribution in [0.3, 0.4) is 0 Å². The highest BCUT2D eigenvalue weighted by Gasteiger charge is 2.24. The zero-order valence-electron chi connectivity index (χ0n) is 20.2. The van der Waals surface area contributed by atoms with E-state index in [2.05, 4.69) is 5.32 Å². The van der Waals surface area contributed by atoms with Gasteiger partial charge in [-0.2, -0.15) is 0 Å². The molecule has 0 spiro atoms. The Bertz CT molecular complexity index is 1100. The number of rotatable bonds is 11. The highest BCUT2D eigenvalue weighted by Crippen LogP contribution is 2.28. The molecule has 0 aliphatic rings. The number of thioether (sulfide) groups is 1. The van der Waals surface area contributed by atoms with E-state index < -0.39 is 12.0 Å². The molecular weight excluding hydrogens is 452 g/mol. The number of Topliss-reactive ketones (excluding diaryl/α,β-unsaturated/α-hetero) is 1. The van der Waals surface area contributed by atoms with Gasteiger partial charge in [0.1, 0.15) is 11.6 Å². The molecule has 34 heavy (non-hydrogen) atoms. The number of carbonyl (C=O) groups excluding carboxylic acids is 3. The van der Waals surface area contributed by atoms with Crippen LogP contribution in [0.2, 0.25) is 0 Å². The Labute approximate surface area is 204 Å². The molecule has 3 N–H and O–H groups in total. The summed E-state index contributed by atoms with van der Waals surface area (Å²) < 4.78 is 5.25. The van der Waals surface area contributed by atoms with Crippen molar-refractivity contribution in [2.75, 3.05) is 27.0 Å². The first kappa shape index (κ1) is 27.0. The molecule has 1 unspecified atom stereocenters. The number of nitrogens with zero attached hydrogens (tertiary/aromatic N) is 1. The van der Waals surface area contributed by atoms with Crippen molar-refractivity contribution < 1.29 is 19.1 Å². The largest absolute Gasteiger partial charge is 0.497 e. The molecule has 9 heteroatoms. The average molecular weight is 485 g/mol. The summed E-state index contributed by atoms with van der Waals surface area (Å²) in [6.45, 7) is 3.13. The van der Waals surface area contributed by atoms with Gasteiger partial charge < -0.3 is 20.4 Å². The van der Waals surface area contributed by atoms with Crippen molar-refractivity contribution in [2.24, 2.45) is 0 Å². The van der Waals surface area contributed by atoms with Gasteiger partial charge in [0, 0.05) is 45.3 Å². The molecule has 8 nitrogen and oxygen atoms in total. The van der Waals surface area contributed by atoms with Crippen molar-refractivity contribution in [3.8, 4) is 5.75 Å². The van der Waals surface area contributed by atoms with Gasteiger partial charge in [-0.05, 0) is 28.5 Å². The lowest BCUT2D eigenvalue weighted by atomic mass is 9.99. The number of hydrogen-bond acceptors (Lipinski definition) is 7. The van der Waals surface area contributed by atoms with Gasteiger partial charge in [-0.3, -0.25) is 19.8 Å². The van der Waals surface area contributed by atoms with Gasteiger partial charge >= 0.3 is 0 Å². The molecular formula is C25H32N4O4S. The number of fused-ring (bicyclic) bond motifs is 1. The zero-order chi connectivity index (χ0) is 25.4. The van der Waals surface area contributed by atoms with Crippen molar-refractivity contribution >= 4 is 50.9 Å². The number of amidine groups is 1. The average Bonchev–Trinajstić information content (AvgIpc) is 2.79. The van der Waals surface area contributed by atoms with Crippen molar-refractivity contribution in [3.63, 3.8) is 0 Å². The molecule has 182 valence electrons. The lowest BCUT2D eigenvalue weighted by molar-refractivity contribution is -0.125. The summed E-state index contributed by atoms with van der Waals surface area (Å²) in [5.41, 5.74) is 0.957. The third-order valence-corrected chi connectivity index (χ3v) is 6.53. The van der Waals surface area contributed by atoms with Gasteiger partial charge in [-0.1, -0.05) is 43.0 Å². The van der Waals surface area contributed by atoms with Crippen LogP contribution in [0.25, 0.3) is 10.8 Å². The van der Waals surface area contributed by atoms with E-state index in [1.54, 1.807) is 26.1 Å². The van der Waals surface area contributed by atoms with Gasteiger partial charge in [-0.25, -0.2) is 0 Å². The van der Waals surface area contributed by atoms with E-state index in [1.165, 1.54) is 6.92 Å². The van der Waals surface area contributed by atoms with Crippen molar-refractivity contribution in [1.29, 1.82) is 10.8 Å². The van der Waals surface area contributed by atoms with Crippen molar-refractivity contribution in [1.82, 2.24) is 10.2 Å². The molecule has 0 saturated carbocycles. The predicted molar refractivity (Wildman–Crippen MR) is 137 cm³/mol. The first-order chi connectivity index (χ1) is 16.0. The molecule has 2 aromatic carbocycles. The number of benzene rings is 2. The Morgan fingerprint density at radius 3 is 2.32 bits per heavy atom. The lowest BCUT2D eigenvalue weighted by Crippen LogP contribution is -2.42. The Balaban J connectivity index is 2.03. The number of carbonyl (C=O) groups is 3. The monoisotopic (exact) mass is 484 g/mol. The Hall–Kier alpha value is -3.20. The first-order valence-corrected chi connectivity index (χ1v) is 11.9. The number of amides is 1. The molecule has 2 atom stereocenters. The second-order valence-electron chi connectivity index (χ2n) is 8.34. The first-order valence-electron chi connectivity index (χ1n) is 10.9. The van der Waals surface area contributed by atoms with E-state index in [9.17, 15) is 14.4 Å². The molecule has 0 aliphatic carbocycles. The lowest BCUT2D eigenvalue weighted by Gasteiger charge is -2.19. The maximum Gasteiger partial charge on any atom is 0.217 e. The summed E-state index contributed by atoms with van der Waals surface area (Å²) in [5.74, 6) is -0.0498. The Kier molecular flexibility index (Phi) is 9.80. The SMILES string of the molecule is COc1ccc2cc([C@@H](C)C(=O)SCC(NC(C)=O)C(=O)CC(=N)CC(=N)N(C)C)ccc2c1. The fourth-order valence-electron chi connectivity index (χ4n) is 3.28. The van der Waals surface area contributed by atoms with Gasteiger partial charge in [0.2, 0.25) is 5.91 Å². The fraction of sp³-hybridized carbons (Fsp3) is 0.400. The molecule has 0 radical (unpaired) electrons. The quantitative estimate of drug-likeness (QED) is 0.331. The smallest absolute Gasteiger partial charge is 0.217 e. The molecule has 2 rings (SSSR count). The molecule has 0 fully saturated rings. The maximum atomic E-state index is 12.9. The third kappa shape index (κ3) is 7.69. The summed E-state index contributed by atoms with van der Waals surface area (Å²) in [7, 11) is 5.02. The van der Waals surface area contributed by atoms with Crippen LogP contribution in [-0.2, 0) is 14.4 Å². The number of hydrogen-bond donors (Lipinski definition) is 3. The number of ether oxygens (including phenoxy) is 1. The van der Waals surface area contributed by atoms with E-state index >= 15 is 0 Å². The summed E-state index contributed by atoms with van der Waals surface area (Å²) in [6.07, 6.45) is -0.123. The molecule has 1 amide bonds. The second kappa shape index (κ2) is 12.3. The summed E-state index contributed by atoms with van der Waals surface area (Å²) in [6, 6.07) is 10.7. The van der Waals surface area contributed by atoms with Gasteiger partial charge in [0.25, 0.3) is 0 Å². The summed E-state index contributed by atoms with van der Waals surface area (Å²) >= 11 is 1.000. The van der Waals surface area contributed by atoms with Crippen LogP contribution < -0.4 is 10.1 Å². The normalized spacial score (nSPS) is 12.5. The van der Waals surface area contributed by atoms with E-state index in [0.717, 1.165) is 33.8 Å². The van der Waals surface area contributed by atoms with Gasteiger partial charge in [-0.15, -0.1) is 0 Å². The molecule has 2 aromatic rings. The van der Waals surface area contributed by atoms with Gasteiger partial charge in [0.15, 0.2) is 10.9 Å². The minimum absolute atomic E-state index is 0.0580. The highest BCUT2D eigenvalue weighted by atomic mass is 32.2. The molecule has 0 bridgehead atoms. The van der Waals surface area contributed by atoms with Gasteiger partial charge in [0.05, 0.1) is 19.1 Å². The number of methoxy groups -OCH3 is 1. The van der Waals surface area contributed by atoms with Crippen LogP contribution in [0.15, 0.2) is 36.4 Å². The predicted octanol–water partition coefficient (Wildman–Crippen LogP) is 3.62. The van der Waals surface area contributed by atoms with Crippen LogP contribution in [-0.4, -0.2) is 66.3 Å². The van der Waals surface area contributed by atoms with E-state index in [1.807, 2.05) is 43.3 Å². The topological polar surface area (TPSA) is 123 Å². The van der Waals surface area contributed by atoms with Crippen LogP contribution >= 0.6 is 11.8 Å². The van der Waals surface area contributed by atoms with Crippen LogP contribution in [0.5, 0.6) is 5.75 Å². The summed E-state index contributed by atoms with van der Waals surface area (Å²) in [5, 5.41) is 20.3. The maximum absolute atomic E-state index is 12.9. The van der Waals surface area contributed by atoms with Crippen molar-refractivity contribution in [2.45, 2.75) is 38.6 Å². The molecule has 0 aliphatic heterocycles. The number of ketones is 1. The molecule has 0 saturated heterocycles. The summed E-state index contributed by atoms with van der Waals surface area (Å²) in [4.78, 5) is 38.8. The third-order valence-electron chi connectivity index (χ3n) is 5.39. The minimum atomic E-state index is -0.878. The molecule has 0 heterocycles. The van der Waals surface area contributed by atoms with Crippen LogP contribution in [0.4, 0.5) is 0 Å². The van der Waals surface area contributed by atoms with Crippen molar-refractivity contribution in [3.05, 3.63) is 42.0 Å². The standard InChI is InChI=1S/C25H32N4O4S/c1-15(17-6-7-19-11-21(33-5)9-8-18(19)10-17)25(32)34-14-22(28-16(2)30)23(31)12-20(26)13-24(27)29(3)4/h6-11,15,22,26-27H,12-14H2,1-5H3,(H,28,30)/t15-,22?/m1/s1. The van der Waals surface area contributed by atoms with Crippen LogP contribution in [0.1, 0.15) is 38.2 Å². The molecule has 0 aromatic heterocycles. The minimum Gasteiger partial charge on any atom is -0.497 e. The van der Waals surface area contributed by atoms with E-state index in [0.29, 0.717) is 0 Å². The fourth-order valence-corrected chi connectivity index (χ4v) is 4.27. The van der Waals surface area contributed by atoms with Crippen LogP contribution in [0, 0.1) is 10.8 Å². The van der Waals surface area contributed by atoms with E-state index in [4.69, 9.17) is 15.6 Å². The Morgan fingerprint density at radius 1 is 1.06 bits per heavy atom. The van der Waals surface area contributed by atoms with E-state index in [-0.39, 0.29) is 46.9 Å².